The Morgan fingerprint density at radius 1 is 0.298 bits per heavy atom. The molecule has 0 aromatic carbocycles. The zero-order valence-electron chi connectivity index (χ0n) is 59.4. The molecule has 5 atom stereocenters. The Bertz CT molecular complexity index is 2070. The van der Waals surface area contributed by atoms with Crippen molar-refractivity contribution in [3.05, 3.63) is 72.9 Å². The second-order valence-electron chi connectivity index (χ2n) is 24.9. The summed E-state index contributed by atoms with van der Waals surface area (Å²) in [5.41, 5.74) is 0. The topological polar surface area (TPSA) is 237 Å². The first-order valence-corrected chi connectivity index (χ1v) is 40.2. The molecule has 19 heteroatoms. The summed E-state index contributed by atoms with van der Waals surface area (Å²) in [6.45, 7) is 4.71. The fourth-order valence-electron chi connectivity index (χ4n) is 9.89. The molecule has 0 bridgehead atoms. The van der Waals surface area contributed by atoms with Gasteiger partial charge in [-0.2, -0.15) is 0 Å². The molecule has 0 aromatic rings. The van der Waals surface area contributed by atoms with Crippen molar-refractivity contribution in [2.24, 2.45) is 0 Å². The van der Waals surface area contributed by atoms with E-state index < -0.39 is 97.5 Å². The van der Waals surface area contributed by atoms with Crippen LogP contribution in [0, 0.1) is 0 Å². The van der Waals surface area contributed by atoms with Gasteiger partial charge in [-0.3, -0.25) is 37.3 Å². The van der Waals surface area contributed by atoms with Gasteiger partial charge in [0, 0.05) is 25.7 Å². The highest BCUT2D eigenvalue weighted by Crippen LogP contribution is 2.45. The number of hydrogen-bond donors (Lipinski definition) is 3. The third kappa shape index (κ3) is 67.1. The number of ether oxygens (including phenoxy) is 4. The number of phosphoric acid groups is 2. The van der Waals surface area contributed by atoms with Crippen LogP contribution in [0.15, 0.2) is 72.9 Å². The molecule has 0 aliphatic carbocycles. The van der Waals surface area contributed by atoms with E-state index in [9.17, 15) is 43.2 Å². The van der Waals surface area contributed by atoms with Gasteiger partial charge in [0.1, 0.15) is 19.3 Å². The SMILES string of the molecule is CCC/C=C\C/C=C\CCCCCCCC(=O)OCC(COP(=O)(O)OCC(O)COP(=O)(O)OCC(COC(=O)CCCCCCCC/C=C\C/C=C\C/C=C\CCCCC)OC(=O)CCCCCCC/C=C\CCCC)OC(=O)CCCCCCCCCCCCC. The zero-order valence-corrected chi connectivity index (χ0v) is 61.2. The average molecular weight is 1370 g/mol. The van der Waals surface area contributed by atoms with Gasteiger partial charge in [-0.1, -0.05) is 261 Å². The molecule has 0 rings (SSSR count). The fraction of sp³-hybridized carbons (Fsp3) is 0.787. The van der Waals surface area contributed by atoms with Crippen molar-refractivity contribution in [2.75, 3.05) is 39.6 Å². The molecule has 0 saturated heterocycles. The Labute approximate surface area is 571 Å². The van der Waals surface area contributed by atoms with Crippen LogP contribution in [0.1, 0.15) is 323 Å². The number of hydrogen-bond acceptors (Lipinski definition) is 15. The maximum atomic E-state index is 13.0. The summed E-state index contributed by atoms with van der Waals surface area (Å²) < 4.78 is 68.3. The molecule has 94 heavy (non-hydrogen) atoms. The van der Waals surface area contributed by atoms with E-state index in [1.807, 2.05) is 0 Å². The van der Waals surface area contributed by atoms with Crippen molar-refractivity contribution in [3.63, 3.8) is 0 Å². The van der Waals surface area contributed by atoms with Crippen LogP contribution in [0.2, 0.25) is 0 Å². The summed E-state index contributed by atoms with van der Waals surface area (Å²) in [7, 11) is -9.93. The largest absolute Gasteiger partial charge is 0.472 e. The van der Waals surface area contributed by atoms with Crippen LogP contribution in [-0.4, -0.2) is 96.7 Å². The molecule has 3 N–H and O–H groups in total. The van der Waals surface area contributed by atoms with Crippen molar-refractivity contribution in [1.29, 1.82) is 0 Å². The molecule has 0 spiro atoms. The first kappa shape index (κ1) is 90.5. The molecule has 5 unspecified atom stereocenters. The van der Waals surface area contributed by atoms with Crippen LogP contribution >= 0.6 is 15.6 Å². The minimum Gasteiger partial charge on any atom is -0.462 e. The average Bonchev–Trinajstić information content (AvgIpc) is 1.24. The quantitative estimate of drug-likeness (QED) is 0.0169. The first-order valence-electron chi connectivity index (χ1n) is 37.2. The molecule has 0 aliphatic heterocycles. The Balaban J connectivity index is 5.27. The number of carbonyl (C=O) groups excluding carboxylic acids is 4. The summed E-state index contributed by atoms with van der Waals surface area (Å²) in [6.07, 6.45) is 66.2. The molecular formula is C75H134O17P2. The maximum absolute atomic E-state index is 13.0. The second kappa shape index (κ2) is 68.0. The van der Waals surface area contributed by atoms with Crippen molar-refractivity contribution < 1.29 is 80.2 Å². The minimum absolute atomic E-state index is 0.0835. The summed E-state index contributed by atoms with van der Waals surface area (Å²) in [4.78, 5) is 72.6. The third-order valence-corrected chi connectivity index (χ3v) is 17.5. The highest BCUT2D eigenvalue weighted by molar-refractivity contribution is 7.47. The summed E-state index contributed by atoms with van der Waals surface area (Å²) in [5.74, 6) is -2.20. The molecule has 0 heterocycles. The van der Waals surface area contributed by atoms with Crippen LogP contribution in [0.4, 0.5) is 0 Å². The fourth-order valence-corrected chi connectivity index (χ4v) is 11.5. The number of aliphatic hydroxyl groups excluding tert-OH is 1. The van der Waals surface area contributed by atoms with Crippen molar-refractivity contribution in [1.82, 2.24) is 0 Å². The first-order chi connectivity index (χ1) is 45.7. The van der Waals surface area contributed by atoms with Crippen LogP contribution in [0.25, 0.3) is 0 Å². The monoisotopic (exact) mass is 1370 g/mol. The van der Waals surface area contributed by atoms with E-state index in [-0.39, 0.29) is 25.7 Å². The third-order valence-electron chi connectivity index (χ3n) is 15.6. The Hall–Kier alpha value is -3.50. The molecule has 0 fully saturated rings. The normalized spacial score (nSPS) is 14.4. The van der Waals surface area contributed by atoms with Gasteiger partial charge < -0.3 is 33.8 Å². The van der Waals surface area contributed by atoms with Crippen molar-refractivity contribution in [2.45, 2.75) is 341 Å². The molecule has 0 radical (unpaired) electrons. The molecule has 546 valence electrons. The van der Waals surface area contributed by atoms with Gasteiger partial charge in [0.25, 0.3) is 0 Å². The highest BCUT2D eigenvalue weighted by atomic mass is 31.2. The van der Waals surface area contributed by atoms with Crippen LogP contribution in [-0.2, 0) is 65.4 Å². The molecule has 17 nitrogen and oxygen atoms in total. The summed E-state index contributed by atoms with van der Waals surface area (Å²) >= 11 is 0. The lowest BCUT2D eigenvalue weighted by Gasteiger charge is -2.21. The van der Waals surface area contributed by atoms with Gasteiger partial charge in [-0.15, -0.1) is 0 Å². The van der Waals surface area contributed by atoms with Crippen molar-refractivity contribution >= 4 is 39.5 Å². The molecule has 0 saturated carbocycles. The molecule has 0 aliphatic rings. The standard InChI is InChI=1S/C75H134O17P2/c1-5-9-13-17-21-25-29-31-32-33-34-35-36-38-42-44-48-52-56-60-73(78)86-66-71(92-75(80)62-58-54-50-46-40-28-24-20-16-12-8-4)68-90-94(83,84)88-64-69(76)63-87-93(81,82)89-67-70(91-74(79)61-57-53-49-45-39-27-23-19-15-11-7-3)65-85-72(77)59-55-51-47-43-41-37-30-26-22-18-14-10-6-2/h14,18,20-21,24-26,30-32,34-35,69-71,76H,5-13,15-17,19,22-23,27-29,33,36-68H2,1-4H3,(H,81,82)(H,83,84)/b18-14-,24-20-,25-21-,30-26-,32-31-,35-34-. The highest BCUT2D eigenvalue weighted by Gasteiger charge is 2.30. The van der Waals surface area contributed by atoms with Crippen LogP contribution in [0.3, 0.4) is 0 Å². The predicted octanol–water partition coefficient (Wildman–Crippen LogP) is 20.9. The van der Waals surface area contributed by atoms with Gasteiger partial charge in [-0.05, 0) is 109 Å². The van der Waals surface area contributed by atoms with E-state index in [0.717, 1.165) is 173 Å². The van der Waals surface area contributed by atoms with Gasteiger partial charge in [0.15, 0.2) is 12.2 Å². The van der Waals surface area contributed by atoms with Crippen molar-refractivity contribution in [3.8, 4) is 0 Å². The number of aliphatic hydroxyl groups is 1. The number of carbonyl (C=O) groups is 4. The van der Waals surface area contributed by atoms with Crippen LogP contribution in [0.5, 0.6) is 0 Å². The Morgan fingerprint density at radius 3 is 0.904 bits per heavy atom. The number of rotatable bonds is 70. The Morgan fingerprint density at radius 2 is 0.553 bits per heavy atom. The van der Waals surface area contributed by atoms with Gasteiger partial charge in [0.05, 0.1) is 26.4 Å². The smallest absolute Gasteiger partial charge is 0.462 e. The second-order valence-corrected chi connectivity index (χ2v) is 27.8. The van der Waals surface area contributed by atoms with E-state index in [1.165, 1.54) is 70.6 Å². The zero-order chi connectivity index (χ0) is 69.0. The lowest BCUT2D eigenvalue weighted by atomic mass is 10.1. The molecular weight excluding hydrogens is 1230 g/mol. The van der Waals surface area contributed by atoms with E-state index in [1.54, 1.807) is 0 Å². The Kier molecular flexibility index (Phi) is 65.5. The molecule has 0 amide bonds. The van der Waals surface area contributed by atoms with Gasteiger partial charge in [-0.25, -0.2) is 9.13 Å². The number of allylic oxidation sites excluding steroid dienone is 12. The van der Waals surface area contributed by atoms with E-state index in [0.29, 0.717) is 25.7 Å². The van der Waals surface area contributed by atoms with E-state index >= 15 is 0 Å². The number of esters is 4. The molecule has 0 aromatic heterocycles. The predicted molar refractivity (Wildman–Crippen MR) is 381 cm³/mol. The van der Waals surface area contributed by atoms with Crippen LogP contribution < -0.4 is 0 Å². The lowest BCUT2D eigenvalue weighted by molar-refractivity contribution is -0.161. The minimum atomic E-state index is -4.97. The number of unbranched alkanes of at least 4 members (excludes halogenated alkanes) is 32. The lowest BCUT2D eigenvalue weighted by Crippen LogP contribution is -2.30. The van der Waals surface area contributed by atoms with E-state index in [4.69, 9.17) is 37.0 Å². The van der Waals surface area contributed by atoms with Gasteiger partial charge in [0.2, 0.25) is 0 Å². The number of phosphoric ester groups is 2. The van der Waals surface area contributed by atoms with E-state index in [2.05, 4.69) is 101 Å². The van der Waals surface area contributed by atoms with Gasteiger partial charge >= 0.3 is 39.5 Å². The summed E-state index contributed by atoms with van der Waals surface area (Å²) in [5, 5.41) is 10.6. The summed E-state index contributed by atoms with van der Waals surface area (Å²) in [6, 6.07) is 0. The maximum Gasteiger partial charge on any atom is 0.472 e.